The van der Waals surface area contributed by atoms with Crippen molar-refractivity contribution in [3.8, 4) is 29.1 Å². The molecule has 2 heterocycles. The van der Waals surface area contributed by atoms with Crippen LogP contribution in [0.4, 0.5) is 0 Å². The second kappa shape index (κ2) is 18.5. The fourth-order valence-corrected chi connectivity index (χ4v) is 11.2. The molecule has 1 fully saturated rings. The Hall–Kier alpha value is -4.40. The lowest BCUT2D eigenvalue weighted by atomic mass is 9.80. The lowest BCUT2D eigenvalue weighted by Gasteiger charge is -2.26. The van der Waals surface area contributed by atoms with Crippen LogP contribution >= 0.6 is 21.6 Å². The van der Waals surface area contributed by atoms with E-state index < -0.39 is 12.1 Å². The zero-order valence-corrected chi connectivity index (χ0v) is 34.3. The zero-order valence-electron chi connectivity index (χ0n) is 32.7. The number of aromatic hydroxyl groups is 2. The Morgan fingerprint density at radius 3 is 2.63 bits per heavy atom. The fourth-order valence-electron chi connectivity index (χ4n) is 8.65. The number of aromatic nitrogens is 1. The van der Waals surface area contributed by atoms with Crippen LogP contribution in [0.25, 0.3) is 0 Å². The van der Waals surface area contributed by atoms with E-state index >= 15 is 0 Å². The molecule has 0 unspecified atom stereocenters. The van der Waals surface area contributed by atoms with Crippen molar-refractivity contribution < 1.29 is 24.5 Å². The van der Waals surface area contributed by atoms with Crippen molar-refractivity contribution in [2.24, 2.45) is 22.8 Å². The Labute approximate surface area is 344 Å². The number of hydrogen-bond acceptors (Lipinski definition) is 9. The summed E-state index contributed by atoms with van der Waals surface area (Å²) in [4.78, 5) is 30.5. The number of aryl methyl sites for hydroxylation is 1. The Morgan fingerprint density at radius 2 is 1.81 bits per heavy atom. The molecule has 3 atom stereocenters. The van der Waals surface area contributed by atoms with E-state index in [1.165, 1.54) is 0 Å². The Bertz CT molecular complexity index is 2200. The number of rotatable bonds is 4. The maximum Gasteiger partial charge on any atom is 0.165 e. The predicted molar refractivity (Wildman–Crippen MR) is 231 cm³/mol. The van der Waals surface area contributed by atoms with Gasteiger partial charge in [0.1, 0.15) is 5.75 Å². The van der Waals surface area contributed by atoms with Crippen LogP contribution in [-0.4, -0.2) is 39.1 Å². The lowest BCUT2D eigenvalue weighted by molar-refractivity contribution is -0.114. The highest BCUT2D eigenvalue weighted by atomic mass is 33.1. The molecule has 7 rings (SSSR count). The van der Waals surface area contributed by atoms with E-state index in [0.29, 0.717) is 54.2 Å². The first-order valence-electron chi connectivity index (χ1n) is 20.2. The van der Waals surface area contributed by atoms with Crippen LogP contribution in [0.15, 0.2) is 72.9 Å². The highest BCUT2D eigenvalue weighted by Crippen LogP contribution is 2.49. The number of Topliss-reactive ketones (excluding diaryl/α,β-unsaturated/α-hetero) is 1. The standard InChI is InChI=1S/C47H53N3O5S2/c1-2-3-17-47-18-13-32(27-47)28-56-57-29-34-25-37-33(24-38(34)46(48)49)5-4-6-41-36(15-20-50-41)44(54)26-39(37)40-22-31(8-11-42(40)52)16-21-55-45-23-30(9-12-43(45)53)7-10-35(51)14-19-47/h8-9,11-12,14-15,19-20,22-25,32,39,46,50,52-53H,2-3,6-7,10,13,16-18,21,26-29,48-49H2,1H3/b19-14+/t32-,39+,47-/m1/s1. The van der Waals surface area contributed by atoms with E-state index in [0.717, 1.165) is 83.4 Å². The molecule has 2 aliphatic carbocycles. The number of aromatic amines is 1. The van der Waals surface area contributed by atoms with Crippen LogP contribution in [-0.2, 0) is 29.8 Å². The summed E-state index contributed by atoms with van der Waals surface area (Å²) in [5, 5.41) is 22.2. The van der Waals surface area contributed by atoms with Gasteiger partial charge in [0, 0.05) is 65.3 Å². The summed E-state index contributed by atoms with van der Waals surface area (Å²) in [5.74, 6) is 8.94. The van der Waals surface area contributed by atoms with E-state index in [1.807, 2.05) is 53.3 Å². The molecule has 1 aliphatic heterocycles. The maximum atomic E-state index is 14.1. The van der Waals surface area contributed by atoms with Crippen molar-refractivity contribution in [3.05, 3.63) is 123 Å². The van der Waals surface area contributed by atoms with Crippen molar-refractivity contribution in [1.29, 1.82) is 0 Å². The van der Waals surface area contributed by atoms with Crippen LogP contribution in [0.5, 0.6) is 17.2 Å². The van der Waals surface area contributed by atoms with E-state index in [4.69, 9.17) is 16.2 Å². The van der Waals surface area contributed by atoms with Gasteiger partial charge in [-0.3, -0.25) is 9.59 Å². The van der Waals surface area contributed by atoms with Crippen molar-refractivity contribution in [2.75, 3.05) is 12.4 Å². The van der Waals surface area contributed by atoms with Gasteiger partial charge in [-0.25, -0.2) is 0 Å². The average molecular weight is 804 g/mol. The zero-order chi connectivity index (χ0) is 39.9. The number of benzene rings is 3. The number of ether oxygens (including phenoxy) is 1. The molecule has 1 saturated carbocycles. The number of unbranched alkanes of at least 4 members (excludes halogenated alkanes) is 1. The van der Waals surface area contributed by atoms with Crippen LogP contribution < -0.4 is 16.2 Å². The second-order valence-electron chi connectivity index (χ2n) is 15.9. The number of nitrogens with one attached hydrogen (secondary N) is 1. The summed E-state index contributed by atoms with van der Waals surface area (Å²) >= 11 is 0. The summed E-state index contributed by atoms with van der Waals surface area (Å²) in [6.45, 7) is 2.49. The number of hydrogen-bond donors (Lipinski definition) is 5. The molecule has 10 heteroatoms. The SMILES string of the molecule is CCCC[C@]12/C=C/C(=O)CCc3ccc(O)c(c3)OCCc3ccc(O)c(c3)[C@H]3CC(=O)c4cc[nH]c4CC#Cc4cc(C(N)N)c(cc43)CSSC[C@H](CC1)C2. The molecule has 57 heavy (non-hydrogen) atoms. The van der Waals surface area contributed by atoms with Crippen molar-refractivity contribution in [3.63, 3.8) is 0 Å². The molecule has 0 amide bonds. The third kappa shape index (κ3) is 9.84. The number of carbonyl (C=O) groups is 2. The molecule has 0 saturated heterocycles. The van der Waals surface area contributed by atoms with Gasteiger partial charge >= 0.3 is 0 Å². The number of phenolic OH excluding ortho intramolecular Hbond substituents is 2. The van der Waals surface area contributed by atoms with Gasteiger partial charge in [0.15, 0.2) is 23.1 Å². The Morgan fingerprint density at radius 1 is 0.982 bits per heavy atom. The first-order valence-corrected chi connectivity index (χ1v) is 22.7. The summed E-state index contributed by atoms with van der Waals surface area (Å²) < 4.78 is 6.12. The fraction of sp³-hybridized carbons (Fsp3) is 0.404. The molecule has 4 aromatic rings. The van der Waals surface area contributed by atoms with Crippen molar-refractivity contribution in [1.82, 2.24) is 4.98 Å². The van der Waals surface area contributed by atoms with Crippen LogP contribution in [0.3, 0.4) is 0 Å². The molecule has 3 aliphatic rings. The molecule has 8 nitrogen and oxygen atoms in total. The van der Waals surface area contributed by atoms with Gasteiger partial charge in [-0.05, 0) is 108 Å². The normalized spacial score (nSPS) is 22.3. The van der Waals surface area contributed by atoms with Crippen molar-refractivity contribution in [2.45, 2.75) is 95.4 Å². The molecular formula is C47H53N3O5S2. The number of nitrogens with two attached hydrogens (primary N) is 2. The number of carbonyl (C=O) groups excluding carboxylic acids is 2. The van der Waals surface area contributed by atoms with Crippen LogP contribution in [0.1, 0.15) is 125 Å². The minimum Gasteiger partial charge on any atom is -0.508 e. The molecule has 0 spiro atoms. The first-order chi connectivity index (χ1) is 27.6. The molecule has 0 radical (unpaired) electrons. The molecule has 298 valence electrons. The third-order valence-electron chi connectivity index (χ3n) is 11.9. The quantitative estimate of drug-likeness (QED) is 0.0773. The summed E-state index contributed by atoms with van der Waals surface area (Å²) in [7, 11) is 3.65. The number of phenols is 2. The van der Waals surface area contributed by atoms with Gasteiger partial charge in [0.2, 0.25) is 0 Å². The highest BCUT2D eigenvalue weighted by Gasteiger charge is 2.36. The van der Waals surface area contributed by atoms with E-state index in [9.17, 15) is 19.8 Å². The predicted octanol–water partition coefficient (Wildman–Crippen LogP) is 9.21. The Kier molecular flexibility index (Phi) is 13.2. The lowest BCUT2D eigenvalue weighted by Crippen LogP contribution is -2.22. The van der Waals surface area contributed by atoms with E-state index in [-0.39, 0.29) is 41.5 Å². The van der Waals surface area contributed by atoms with E-state index in [2.05, 4.69) is 35.9 Å². The van der Waals surface area contributed by atoms with Gasteiger partial charge in [-0.2, -0.15) is 0 Å². The molecule has 8 bridgehead atoms. The van der Waals surface area contributed by atoms with Gasteiger partial charge in [-0.15, -0.1) is 0 Å². The maximum absolute atomic E-state index is 14.1. The largest absolute Gasteiger partial charge is 0.508 e. The smallest absolute Gasteiger partial charge is 0.165 e. The summed E-state index contributed by atoms with van der Waals surface area (Å²) in [6, 6.07) is 16.7. The third-order valence-corrected chi connectivity index (χ3v) is 14.3. The monoisotopic (exact) mass is 803 g/mol. The second-order valence-corrected chi connectivity index (χ2v) is 18.4. The summed E-state index contributed by atoms with van der Waals surface area (Å²) in [5.41, 5.74) is 20.1. The number of allylic oxidation sites excluding steroid dienone is 2. The molecule has 3 aromatic carbocycles. The Balaban J connectivity index is 1.27. The number of fused-ring (bicyclic) bond motifs is 9. The van der Waals surface area contributed by atoms with Crippen molar-refractivity contribution >= 4 is 33.2 Å². The summed E-state index contributed by atoms with van der Waals surface area (Å²) in [6.07, 6.45) is 13.7. The topological polar surface area (TPSA) is 152 Å². The first kappa shape index (κ1) is 40.8. The van der Waals surface area contributed by atoms with Crippen LogP contribution in [0.2, 0.25) is 0 Å². The minimum atomic E-state index is -0.723. The number of H-pyrrole nitrogens is 1. The van der Waals surface area contributed by atoms with E-state index in [1.54, 1.807) is 29.1 Å². The average Bonchev–Trinajstić information content (AvgIpc) is 3.85. The molecular weight excluding hydrogens is 751 g/mol. The van der Waals surface area contributed by atoms with Gasteiger partial charge in [-0.1, -0.05) is 83.5 Å². The molecule has 7 N–H and O–H groups in total. The van der Waals surface area contributed by atoms with Gasteiger partial charge in [0.25, 0.3) is 0 Å². The van der Waals surface area contributed by atoms with Crippen LogP contribution in [0, 0.1) is 23.2 Å². The van der Waals surface area contributed by atoms with Gasteiger partial charge < -0.3 is 31.4 Å². The molecule has 1 aromatic heterocycles. The highest BCUT2D eigenvalue weighted by molar-refractivity contribution is 8.76. The van der Waals surface area contributed by atoms with Gasteiger partial charge in [0.05, 0.1) is 19.2 Å². The minimum absolute atomic E-state index is 0.0347. The number of ketones is 2.